The van der Waals surface area contributed by atoms with Gasteiger partial charge in [-0.2, -0.15) is 0 Å². The Balaban J connectivity index is 1.75. The van der Waals surface area contributed by atoms with Crippen LogP contribution in [0.2, 0.25) is 5.02 Å². The van der Waals surface area contributed by atoms with E-state index in [1.54, 1.807) is 36.1 Å². The first kappa shape index (κ1) is 21.7. The van der Waals surface area contributed by atoms with E-state index in [0.29, 0.717) is 38.9 Å². The average Bonchev–Trinajstić information content (AvgIpc) is 3.42. The first-order valence-electron chi connectivity index (χ1n) is 9.91. The molecule has 1 aliphatic rings. The van der Waals surface area contributed by atoms with Crippen molar-refractivity contribution in [2.45, 2.75) is 25.9 Å². The van der Waals surface area contributed by atoms with Crippen molar-refractivity contribution >= 4 is 44.8 Å². The molecule has 1 atom stereocenters. The number of aryl methyl sites for hydroxylation is 1. The van der Waals surface area contributed by atoms with Crippen LogP contribution in [0.5, 0.6) is 0 Å². The van der Waals surface area contributed by atoms with E-state index in [4.69, 9.17) is 11.6 Å². The SMILES string of the molecule is C=CCn1c(Br)nc2c1C(c1ccc(Cl)cc1)N(c1cc(C)c3nnc(C(F)F)n3c1)C2=O. The molecule has 4 heterocycles. The number of nitrogens with zero attached hydrogens (tertiary/aromatic N) is 6. The first-order chi connectivity index (χ1) is 15.8. The van der Waals surface area contributed by atoms with Crippen LogP contribution in [0.4, 0.5) is 14.5 Å². The van der Waals surface area contributed by atoms with Gasteiger partial charge in [0.25, 0.3) is 12.3 Å². The minimum atomic E-state index is -2.82. The van der Waals surface area contributed by atoms with Gasteiger partial charge < -0.3 is 4.57 Å². The highest BCUT2D eigenvalue weighted by atomic mass is 79.9. The second-order valence-corrected chi connectivity index (χ2v) is 8.72. The summed E-state index contributed by atoms with van der Waals surface area (Å²) in [4.78, 5) is 19.6. The summed E-state index contributed by atoms with van der Waals surface area (Å²) in [5.41, 5.74) is 3.07. The molecule has 0 saturated carbocycles. The summed E-state index contributed by atoms with van der Waals surface area (Å²) in [5.74, 6) is -0.835. The molecule has 1 aromatic carbocycles. The predicted octanol–water partition coefficient (Wildman–Crippen LogP) is 5.52. The molecule has 1 aliphatic heterocycles. The van der Waals surface area contributed by atoms with Crippen LogP contribution >= 0.6 is 27.5 Å². The number of pyridine rings is 1. The standard InChI is InChI=1S/C22H16BrClF2N6O/c1-3-8-30-17-15(27-22(30)23)21(33)32(16(17)12-4-6-13(24)7-5-12)14-9-11(2)19-28-29-20(18(25)26)31(19)10-14/h3-7,9-10,16,18H,1,8H2,2H3. The molecule has 33 heavy (non-hydrogen) atoms. The first-order valence-corrected chi connectivity index (χ1v) is 11.1. The number of aromatic nitrogens is 5. The van der Waals surface area contributed by atoms with Crippen LogP contribution in [0, 0.1) is 6.92 Å². The zero-order valence-electron chi connectivity index (χ0n) is 17.2. The molecule has 168 valence electrons. The Morgan fingerprint density at radius 2 is 2.00 bits per heavy atom. The van der Waals surface area contributed by atoms with Crippen LogP contribution in [0.15, 0.2) is 53.9 Å². The molecule has 1 amide bonds. The fraction of sp³-hybridized carbons (Fsp3) is 0.182. The molecule has 0 bridgehead atoms. The fourth-order valence-electron chi connectivity index (χ4n) is 4.18. The van der Waals surface area contributed by atoms with Gasteiger partial charge in [-0.1, -0.05) is 29.8 Å². The Bertz CT molecular complexity index is 1410. The van der Waals surface area contributed by atoms with Crippen molar-refractivity contribution in [1.29, 1.82) is 0 Å². The number of fused-ring (bicyclic) bond motifs is 2. The maximum absolute atomic E-state index is 13.6. The van der Waals surface area contributed by atoms with E-state index in [-0.39, 0.29) is 11.6 Å². The molecule has 5 rings (SSSR count). The lowest BCUT2D eigenvalue weighted by molar-refractivity contribution is 0.0989. The number of rotatable bonds is 5. The number of imidazole rings is 1. The Morgan fingerprint density at radius 1 is 1.27 bits per heavy atom. The number of carbonyl (C=O) groups is 1. The predicted molar refractivity (Wildman–Crippen MR) is 123 cm³/mol. The number of hydrogen-bond donors (Lipinski definition) is 0. The third kappa shape index (κ3) is 3.36. The third-order valence-electron chi connectivity index (χ3n) is 5.57. The molecule has 0 saturated heterocycles. The van der Waals surface area contributed by atoms with Gasteiger partial charge in [0.2, 0.25) is 5.82 Å². The number of hydrogen-bond acceptors (Lipinski definition) is 4. The Labute approximate surface area is 200 Å². The largest absolute Gasteiger partial charge is 0.316 e. The normalized spacial score (nSPS) is 15.6. The number of alkyl halides is 2. The number of allylic oxidation sites excluding steroid dienone is 1. The molecule has 0 radical (unpaired) electrons. The van der Waals surface area contributed by atoms with Crippen molar-refractivity contribution < 1.29 is 13.6 Å². The maximum atomic E-state index is 13.6. The number of anilines is 1. The van der Waals surface area contributed by atoms with Gasteiger partial charge in [0.15, 0.2) is 16.1 Å². The summed E-state index contributed by atoms with van der Waals surface area (Å²) in [6.07, 6.45) is 0.354. The molecule has 3 aromatic heterocycles. The van der Waals surface area contributed by atoms with Gasteiger partial charge in [-0.3, -0.25) is 14.1 Å². The van der Waals surface area contributed by atoms with Crippen LogP contribution in [-0.4, -0.2) is 30.1 Å². The smallest absolute Gasteiger partial charge is 0.297 e. The summed E-state index contributed by atoms with van der Waals surface area (Å²) in [6.45, 7) is 5.96. The summed E-state index contributed by atoms with van der Waals surface area (Å²) >= 11 is 9.53. The number of halogens is 4. The van der Waals surface area contributed by atoms with E-state index in [2.05, 4.69) is 37.7 Å². The molecule has 1 unspecified atom stereocenters. The van der Waals surface area contributed by atoms with Gasteiger partial charge in [-0.25, -0.2) is 13.8 Å². The number of carbonyl (C=O) groups excluding carboxylic acids is 1. The molecule has 7 nitrogen and oxygen atoms in total. The van der Waals surface area contributed by atoms with E-state index < -0.39 is 18.3 Å². The Hall–Kier alpha value is -3.11. The summed E-state index contributed by atoms with van der Waals surface area (Å²) in [6, 6.07) is 8.31. The van der Waals surface area contributed by atoms with Crippen LogP contribution in [0.3, 0.4) is 0 Å². The van der Waals surface area contributed by atoms with E-state index in [1.165, 1.54) is 10.6 Å². The topological polar surface area (TPSA) is 68.3 Å². The van der Waals surface area contributed by atoms with E-state index >= 15 is 0 Å². The molecule has 0 fully saturated rings. The van der Waals surface area contributed by atoms with Crippen molar-refractivity contribution in [2.75, 3.05) is 4.90 Å². The maximum Gasteiger partial charge on any atom is 0.297 e. The van der Waals surface area contributed by atoms with Crippen LogP contribution in [0.25, 0.3) is 5.65 Å². The van der Waals surface area contributed by atoms with Crippen molar-refractivity contribution in [1.82, 2.24) is 24.1 Å². The monoisotopic (exact) mass is 532 g/mol. The highest BCUT2D eigenvalue weighted by molar-refractivity contribution is 9.10. The molecule has 0 spiro atoms. The lowest BCUT2D eigenvalue weighted by atomic mass is 10.0. The minimum Gasteiger partial charge on any atom is -0.316 e. The molecular formula is C22H16BrClF2N6O. The molecule has 11 heteroatoms. The molecule has 0 aliphatic carbocycles. The van der Waals surface area contributed by atoms with E-state index in [1.807, 2.05) is 16.7 Å². The number of amides is 1. The van der Waals surface area contributed by atoms with Gasteiger partial charge >= 0.3 is 0 Å². The van der Waals surface area contributed by atoms with Crippen LogP contribution in [0.1, 0.15) is 45.6 Å². The van der Waals surface area contributed by atoms with Crippen molar-refractivity contribution in [3.05, 3.63) is 87.3 Å². The fourth-order valence-corrected chi connectivity index (χ4v) is 4.82. The second-order valence-electron chi connectivity index (χ2n) is 7.58. The van der Waals surface area contributed by atoms with Crippen LogP contribution < -0.4 is 4.90 Å². The van der Waals surface area contributed by atoms with Crippen molar-refractivity contribution in [2.24, 2.45) is 0 Å². The lowest BCUT2D eigenvalue weighted by Gasteiger charge is -2.27. The second kappa shape index (κ2) is 8.03. The highest BCUT2D eigenvalue weighted by Crippen LogP contribution is 2.43. The van der Waals surface area contributed by atoms with Gasteiger partial charge in [-0.15, -0.1) is 16.8 Å². The van der Waals surface area contributed by atoms with Gasteiger partial charge in [0.1, 0.15) is 6.04 Å². The van der Waals surface area contributed by atoms with Crippen LogP contribution in [-0.2, 0) is 6.54 Å². The van der Waals surface area contributed by atoms with E-state index in [9.17, 15) is 13.6 Å². The molecule has 0 N–H and O–H groups in total. The van der Waals surface area contributed by atoms with Gasteiger partial charge in [-0.05, 0) is 52.2 Å². The van der Waals surface area contributed by atoms with Gasteiger partial charge in [0, 0.05) is 17.8 Å². The summed E-state index contributed by atoms with van der Waals surface area (Å²) < 4.78 is 30.6. The lowest BCUT2D eigenvalue weighted by Crippen LogP contribution is -2.30. The molecular weight excluding hydrogens is 518 g/mol. The zero-order chi connectivity index (χ0) is 23.4. The van der Waals surface area contributed by atoms with Crippen molar-refractivity contribution in [3.63, 3.8) is 0 Å². The Morgan fingerprint density at radius 3 is 2.67 bits per heavy atom. The Kier molecular flexibility index (Phi) is 5.29. The van der Waals surface area contributed by atoms with Gasteiger partial charge in [0.05, 0.1) is 11.4 Å². The molecule has 4 aromatic rings. The summed E-state index contributed by atoms with van der Waals surface area (Å²) in [5, 5.41) is 8.05. The zero-order valence-corrected chi connectivity index (χ0v) is 19.6. The number of benzene rings is 1. The minimum absolute atomic E-state index is 0.277. The van der Waals surface area contributed by atoms with Crippen molar-refractivity contribution in [3.8, 4) is 0 Å². The average molecular weight is 534 g/mol. The third-order valence-corrected chi connectivity index (χ3v) is 6.43. The highest BCUT2D eigenvalue weighted by Gasteiger charge is 2.44. The quantitative estimate of drug-likeness (QED) is 0.317. The summed E-state index contributed by atoms with van der Waals surface area (Å²) in [7, 11) is 0. The van der Waals surface area contributed by atoms with E-state index in [0.717, 1.165) is 5.56 Å².